The lowest BCUT2D eigenvalue weighted by atomic mass is 10.1. The molecule has 1 atom stereocenters. The van der Waals surface area contributed by atoms with Crippen LogP contribution in [0.5, 0.6) is 11.5 Å². The summed E-state index contributed by atoms with van der Waals surface area (Å²) in [7, 11) is 0. The summed E-state index contributed by atoms with van der Waals surface area (Å²) in [6, 6.07) is 22.0. The average molecular weight is 331 g/mol. The molecule has 1 aromatic heterocycles. The van der Waals surface area contributed by atoms with E-state index in [2.05, 4.69) is 17.4 Å². The molecular formula is C21H17NO3. The zero-order chi connectivity index (χ0) is 16.6. The number of rotatable bonds is 3. The summed E-state index contributed by atoms with van der Waals surface area (Å²) in [5.74, 6) is 1.61. The van der Waals surface area contributed by atoms with E-state index in [0.717, 1.165) is 39.1 Å². The second-order valence-electron chi connectivity index (χ2n) is 6.19. The highest BCUT2D eigenvalue weighted by atomic mass is 16.6. The first-order valence-corrected chi connectivity index (χ1v) is 8.40. The van der Waals surface area contributed by atoms with Crippen LogP contribution in [0.2, 0.25) is 0 Å². The van der Waals surface area contributed by atoms with Crippen molar-refractivity contribution in [1.82, 2.24) is 0 Å². The molecule has 1 unspecified atom stereocenters. The molecule has 0 spiro atoms. The van der Waals surface area contributed by atoms with Crippen LogP contribution in [0, 0.1) is 0 Å². The van der Waals surface area contributed by atoms with Crippen LogP contribution in [0.25, 0.3) is 21.9 Å². The topological polar surface area (TPSA) is 43.6 Å². The van der Waals surface area contributed by atoms with E-state index in [1.165, 1.54) is 0 Å². The van der Waals surface area contributed by atoms with Gasteiger partial charge in [0.05, 0.1) is 6.54 Å². The molecular weight excluding hydrogens is 314 g/mol. The van der Waals surface area contributed by atoms with Crippen molar-refractivity contribution in [1.29, 1.82) is 0 Å². The highest BCUT2D eigenvalue weighted by Crippen LogP contribution is 2.32. The zero-order valence-corrected chi connectivity index (χ0v) is 13.6. The molecule has 0 amide bonds. The number of fused-ring (bicyclic) bond motifs is 4. The van der Waals surface area contributed by atoms with Crippen molar-refractivity contribution in [2.45, 2.75) is 6.10 Å². The van der Waals surface area contributed by atoms with Crippen LogP contribution >= 0.6 is 0 Å². The molecule has 0 saturated carbocycles. The van der Waals surface area contributed by atoms with Crippen molar-refractivity contribution in [3.05, 3.63) is 66.7 Å². The number of furan rings is 1. The van der Waals surface area contributed by atoms with Gasteiger partial charge in [0.1, 0.15) is 23.9 Å². The lowest BCUT2D eigenvalue weighted by Gasteiger charge is -2.26. The van der Waals surface area contributed by atoms with Crippen LogP contribution in [-0.2, 0) is 0 Å². The van der Waals surface area contributed by atoms with E-state index in [1.807, 2.05) is 54.6 Å². The van der Waals surface area contributed by atoms with Crippen LogP contribution in [0.3, 0.4) is 0 Å². The van der Waals surface area contributed by atoms with E-state index in [1.54, 1.807) is 0 Å². The van der Waals surface area contributed by atoms with Crippen molar-refractivity contribution in [3.8, 4) is 11.5 Å². The van der Waals surface area contributed by atoms with E-state index in [4.69, 9.17) is 13.9 Å². The minimum absolute atomic E-state index is 0.0216. The monoisotopic (exact) mass is 331 g/mol. The van der Waals surface area contributed by atoms with Crippen LogP contribution in [0.4, 0.5) is 5.69 Å². The maximum atomic E-state index is 5.99. The third-order valence-corrected chi connectivity index (χ3v) is 4.48. The molecule has 4 aromatic rings. The van der Waals surface area contributed by atoms with Gasteiger partial charge in [-0.1, -0.05) is 30.3 Å². The van der Waals surface area contributed by atoms with Gasteiger partial charge in [-0.25, -0.2) is 0 Å². The van der Waals surface area contributed by atoms with Gasteiger partial charge in [0.25, 0.3) is 0 Å². The predicted octanol–water partition coefficient (Wildman–Crippen LogP) is 4.84. The summed E-state index contributed by atoms with van der Waals surface area (Å²) in [5.41, 5.74) is 2.86. The fourth-order valence-electron chi connectivity index (χ4n) is 3.23. The standard InChI is InChI=1S/C21H17NO3/c1-2-6-18-16(5-1)17-11-14(9-10-19(17)25-18)22-12-15-13-23-20-7-3-4-8-21(20)24-15/h1-11,15,22H,12-13H2. The Bertz CT molecular complexity index is 1050. The molecule has 4 heteroatoms. The molecule has 5 rings (SSSR count). The molecule has 3 aromatic carbocycles. The third-order valence-electron chi connectivity index (χ3n) is 4.48. The minimum atomic E-state index is -0.0216. The molecule has 0 aliphatic carbocycles. The molecule has 1 aliphatic rings. The molecule has 4 nitrogen and oxygen atoms in total. The molecule has 0 radical (unpaired) electrons. The van der Waals surface area contributed by atoms with E-state index in [0.29, 0.717) is 13.2 Å². The van der Waals surface area contributed by atoms with Gasteiger partial charge >= 0.3 is 0 Å². The maximum absolute atomic E-state index is 5.99. The number of hydrogen-bond acceptors (Lipinski definition) is 4. The number of ether oxygens (including phenoxy) is 2. The van der Waals surface area contributed by atoms with Gasteiger partial charge in [-0.15, -0.1) is 0 Å². The Hall–Kier alpha value is -3.14. The lowest BCUT2D eigenvalue weighted by molar-refractivity contribution is 0.0998. The Kier molecular flexibility index (Phi) is 3.27. The molecule has 2 heterocycles. The second-order valence-corrected chi connectivity index (χ2v) is 6.19. The normalized spacial score (nSPS) is 16.2. The number of para-hydroxylation sites is 3. The Morgan fingerprint density at radius 2 is 1.64 bits per heavy atom. The van der Waals surface area contributed by atoms with Crippen molar-refractivity contribution in [2.24, 2.45) is 0 Å². The maximum Gasteiger partial charge on any atom is 0.161 e. The second kappa shape index (κ2) is 5.74. The lowest BCUT2D eigenvalue weighted by Crippen LogP contribution is -2.35. The Labute approximate surface area is 145 Å². The van der Waals surface area contributed by atoms with Crippen molar-refractivity contribution in [3.63, 3.8) is 0 Å². The quantitative estimate of drug-likeness (QED) is 0.583. The Morgan fingerprint density at radius 1 is 0.840 bits per heavy atom. The van der Waals surface area contributed by atoms with Gasteiger partial charge < -0.3 is 19.2 Å². The fraction of sp³-hybridized carbons (Fsp3) is 0.143. The molecule has 25 heavy (non-hydrogen) atoms. The van der Waals surface area contributed by atoms with E-state index in [-0.39, 0.29) is 6.10 Å². The van der Waals surface area contributed by atoms with Crippen LogP contribution in [-0.4, -0.2) is 19.3 Å². The molecule has 1 aliphatic heterocycles. The van der Waals surface area contributed by atoms with Crippen molar-refractivity contribution < 1.29 is 13.9 Å². The SMILES string of the molecule is c1ccc2c(c1)OCC(CNc1ccc3oc4ccccc4c3c1)O2. The predicted molar refractivity (Wildman–Crippen MR) is 98.6 cm³/mol. The van der Waals surface area contributed by atoms with Gasteiger partial charge in [-0.2, -0.15) is 0 Å². The zero-order valence-electron chi connectivity index (χ0n) is 13.6. The van der Waals surface area contributed by atoms with Gasteiger partial charge in [0.2, 0.25) is 0 Å². The molecule has 0 fully saturated rings. The highest BCUT2D eigenvalue weighted by molar-refractivity contribution is 6.05. The van der Waals surface area contributed by atoms with Crippen molar-refractivity contribution in [2.75, 3.05) is 18.5 Å². The van der Waals surface area contributed by atoms with Gasteiger partial charge in [0.15, 0.2) is 11.5 Å². The van der Waals surface area contributed by atoms with Crippen LogP contribution in [0.15, 0.2) is 71.1 Å². The number of nitrogens with one attached hydrogen (secondary N) is 1. The first-order chi connectivity index (χ1) is 12.4. The summed E-state index contributed by atoms with van der Waals surface area (Å²) in [5, 5.41) is 5.69. The summed E-state index contributed by atoms with van der Waals surface area (Å²) in [4.78, 5) is 0. The van der Waals surface area contributed by atoms with E-state index in [9.17, 15) is 0 Å². The first kappa shape index (κ1) is 14.2. The van der Waals surface area contributed by atoms with Gasteiger partial charge in [-0.3, -0.25) is 0 Å². The molecule has 124 valence electrons. The fourth-order valence-corrected chi connectivity index (χ4v) is 3.23. The number of benzene rings is 3. The van der Waals surface area contributed by atoms with Crippen molar-refractivity contribution >= 4 is 27.6 Å². The highest BCUT2D eigenvalue weighted by Gasteiger charge is 2.20. The smallest absolute Gasteiger partial charge is 0.161 e. The molecule has 1 N–H and O–H groups in total. The minimum Gasteiger partial charge on any atom is -0.486 e. The number of hydrogen-bond donors (Lipinski definition) is 1. The first-order valence-electron chi connectivity index (χ1n) is 8.40. The molecule has 0 bridgehead atoms. The largest absolute Gasteiger partial charge is 0.486 e. The van der Waals surface area contributed by atoms with E-state index < -0.39 is 0 Å². The Morgan fingerprint density at radius 3 is 2.60 bits per heavy atom. The van der Waals surface area contributed by atoms with E-state index >= 15 is 0 Å². The third kappa shape index (κ3) is 2.56. The summed E-state index contributed by atoms with van der Waals surface area (Å²) in [6.07, 6.45) is -0.0216. The van der Waals surface area contributed by atoms with Crippen LogP contribution < -0.4 is 14.8 Å². The summed E-state index contributed by atoms with van der Waals surface area (Å²) < 4.78 is 17.6. The summed E-state index contributed by atoms with van der Waals surface area (Å²) >= 11 is 0. The van der Waals surface area contributed by atoms with Gasteiger partial charge in [-0.05, 0) is 36.4 Å². The number of anilines is 1. The Balaban J connectivity index is 1.35. The van der Waals surface area contributed by atoms with Gasteiger partial charge in [0, 0.05) is 16.5 Å². The average Bonchev–Trinajstić information content (AvgIpc) is 3.04. The summed E-state index contributed by atoms with van der Waals surface area (Å²) in [6.45, 7) is 1.22. The molecule has 0 saturated heterocycles. The van der Waals surface area contributed by atoms with Crippen LogP contribution in [0.1, 0.15) is 0 Å².